The smallest absolute Gasteiger partial charge is 0.435 e. The molecule has 4 aromatic rings. The van der Waals surface area contributed by atoms with Crippen LogP contribution in [0.4, 0.5) is 13.2 Å². The number of rotatable bonds is 4. The summed E-state index contributed by atoms with van der Waals surface area (Å²) in [4.78, 5) is 17.4. The van der Waals surface area contributed by atoms with Crippen LogP contribution in [0.3, 0.4) is 0 Å². The van der Waals surface area contributed by atoms with Gasteiger partial charge >= 0.3 is 6.18 Å². The number of aromatic nitrogens is 5. The maximum atomic E-state index is 13.3. The predicted octanol–water partition coefficient (Wildman–Crippen LogP) is 4.14. The fourth-order valence-corrected chi connectivity index (χ4v) is 4.22. The quantitative estimate of drug-likeness (QED) is 0.445. The number of aryl methyl sites for hydroxylation is 1. The van der Waals surface area contributed by atoms with Crippen molar-refractivity contribution in [1.29, 1.82) is 0 Å². The van der Waals surface area contributed by atoms with E-state index >= 15 is 0 Å². The van der Waals surface area contributed by atoms with Gasteiger partial charge in [0.25, 0.3) is 5.56 Å². The molecule has 5 rings (SSSR count). The maximum Gasteiger partial charge on any atom is 0.435 e. The number of hydrogen-bond donors (Lipinski definition) is 0. The second-order valence-electron chi connectivity index (χ2n) is 8.28. The number of hydrogen-bond acceptors (Lipinski definition) is 5. The lowest BCUT2D eigenvalue weighted by atomic mass is 10.00. The molecule has 0 saturated carbocycles. The zero-order valence-electron chi connectivity index (χ0n) is 18.5. The summed E-state index contributed by atoms with van der Waals surface area (Å²) in [5, 5.41) is 3.55. The van der Waals surface area contributed by atoms with Crippen molar-refractivity contribution in [3.63, 3.8) is 0 Å². The third-order valence-electron chi connectivity index (χ3n) is 5.99. The van der Waals surface area contributed by atoms with Crippen LogP contribution in [0.25, 0.3) is 16.6 Å². The van der Waals surface area contributed by atoms with Gasteiger partial charge in [0, 0.05) is 45.0 Å². The van der Waals surface area contributed by atoms with Crippen LogP contribution in [0.2, 0.25) is 0 Å². The summed E-state index contributed by atoms with van der Waals surface area (Å²) < 4.78 is 55.6. The summed E-state index contributed by atoms with van der Waals surface area (Å²) in [6, 6.07) is 6.18. The molecular weight excluding hydrogens is 451 g/mol. The van der Waals surface area contributed by atoms with Crippen LogP contribution in [0.1, 0.15) is 30.3 Å². The van der Waals surface area contributed by atoms with Crippen molar-refractivity contribution in [2.24, 2.45) is 14.1 Å². The molecule has 3 aromatic heterocycles. The van der Waals surface area contributed by atoms with Crippen molar-refractivity contribution in [3.05, 3.63) is 64.7 Å². The first-order valence-electron chi connectivity index (χ1n) is 10.8. The van der Waals surface area contributed by atoms with E-state index < -0.39 is 11.9 Å². The molecule has 0 atom stereocenters. The molecule has 0 spiro atoms. The summed E-state index contributed by atoms with van der Waals surface area (Å²) in [6.07, 6.45) is 1.68. The number of nitrogens with zero attached hydrogens (tertiary/aromatic N) is 5. The Labute approximate surface area is 192 Å². The van der Waals surface area contributed by atoms with Crippen molar-refractivity contribution in [2.45, 2.75) is 24.9 Å². The third-order valence-corrected chi connectivity index (χ3v) is 5.99. The van der Waals surface area contributed by atoms with Crippen molar-refractivity contribution in [3.8, 4) is 22.8 Å². The van der Waals surface area contributed by atoms with E-state index in [-0.39, 0.29) is 22.9 Å². The molecule has 0 N–H and O–H groups in total. The highest BCUT2D eigenvalue weighted by Crippen LogP contribution is 2.36. The lowest BCUT2D eigenvalue weighted by molar-refractivity contribution is -0.140. The molecule has 1 fully saturated rings. The molecule has 0 amide bonds. The van der Waals surface area contributed by atoms with Gasteiger partial charge in [-0.25, -0.2) is 4.98 Å². The van der Waals surface area contributed by atoms with Gasteiger partial charge in [-0.1, -0.05) is 12.1 Å². The average Bonchev–Trinajstić information content (AvgIpc) is 3.42. The van der Waals surface area contributed by atoms with Crippen LogP contribution in [0.5, 0.6) is 11.6 Å². The first kappa shape index (κ1) is 22.2. The standard InChI is InChI=1S/C23H22F3N5O3/c1-29-12-17(20(28-29)23(24,25)26)14-3-5-16(6-4-14)34-19-13-31-18(22(32)30(19)2)11-27-21(31)15-7-9-33-10-8-15/h3-6,11-13,15H,7-10H2,1-2H3. The molecule has 178 valence electrons. The summed E-state index contributed by atoms with van der Waals surface area (Å²) in [5.41, 5.74) is -0.422. The van der Waals surface area contributed by atoms with Gasteiger partial charge in [0.2, 0.25) is 5.88 Å². The van der Waals surface area contributed by atoms with Crippen LogP contribution in [-0.2, 0) is 25.0 Å². The minimum atomic E-state index is -4.56. The molecule has 0 bridgehead atoms. The minimum Gasteiger partial charge on any atom is -0.439 e. The maximum absolute atomic E-state index is 13.3. The van der Waals surface area contributed by atoms with Crippen LogP contribution in [-0.4, -0.2) is 36.9 Å². The van der Waals surface area contributed by atoms with Crippen molar-refractivity contribution < 1.29 is 22.6 Å². The Balaban J connectivity index is 1.47. The Hall–Kier alpha value is -3.60. The molecule has 0 radical (unpaired) electrons. The first-order valence-corrected chi connectivity index (χ1v) is 10.8. The molecular formula is C23H22F3N5O3. The molecule has 1 aliphatic heterocycles. The second kappa shape index (κ2) is 8.32. The van der Waals surface area contributed by atoms with Crippen molar-refractivity contribution in [1.82, 2.24) is 23.7 Å². The SMILES string of the molecule is Cn1cc(-c2ccc(Oc3cn4c(C5CCOCC5)ncc4c(=O)n3C)cc2)c(C(F)(F)F)n1. The van der Waals surface area contributed by atoms with Crippen LogP contribution in [0, 0.1) is 0 Å². The lowest BCUT2D eigenvalue weighted by Gasteiger charge is -2.21. The molecule has 1 saturated heterocycles. The summed E-state index contributed by atoms with van der Waals surface area (Å²) >= 11 is 0. The fourth-order valence-electron chi connectivity index (χ4n) is 4.22. The molecule has 0 unspecified atom stereocenters. The summed E-state index contributed by atoms with van der Waals surface area (Å²) in [5.74, 6) is 1.63. The Kier molecular flexibility index (Phi) is 5.43. The van der Waals surface area contributed by atoms with Crippen LogP contribution >= 0.6 is 0 Å². The van der Waals surface area contributed by atoms with Gasteiger partial charge in [-0.05, 0) is 30.5 Å². The van der Waals surface area contributed by atoms with Gasteiger partial charge < -0.3 is 9.47 Å². The summed E-state index contributed by atoms with van der Waals surface area (Å²) in [6.45, 7) is 1.29. The van der Waals surface area contributed by atoms with Gasteiger partial charge in [0.05, 0.1) is 12.4 Å². The van der Waals surface area contributed by atoms with Gasteiger partial charge in [0.15, 0.2) is 5.69 Å². The molecule has 1 aromatic carbocycles. The molecule has 1 aliphatic rings. The average molecular weight is 473 g/mol. The zero-order valence-corrected chi connectivity index (χ0v) is 18.5. The van der Waals surface area contributed by atoms with Crippen molar-refractivity contribution >= 4 is 5.52 Å². The van der Waals surface area contributed by atoms with Gasteiger partial charge in [-0.3, -0.25) is 18.4 Å². The van der Waals surface area contributed by atoms with E-state index in [1.165, 1.54) is 29.9 Å². The highest BCUT2D eigenvalue weighted by Gasteiger charge is 2.37. The summed E-state index contributed by atoms with van der Waals surface area (Å²) in [7, 11) is 3.04. The highest BCUT2D eigenvalue weighted by molar-refractivity contribution is 5.66. The van der Waals surface area contributed by atoms with E-state index in [0.717, 1.165) is 23.3 Å². The Morgan fingerprint density at radius 1 is 1.09 bits per heavy atom. The number of imidazole rings is 1. The van der Waals surface area contributed by atoms with Crippen LogP contribution < -0.4 is 10.3 Å². The molecule has 0 aliphatic carbocycles. The zero-order chi connectivity index (χ0) is 24.0. The monoisotopic (exact) mass is 473 g/mol. The number of ether oxygens (including phenoxy) is 2. The lowest BCUT2D eigenvalue weighted by Crippen LogP contribution is -2.22. The van der Waals surface area contributed by atoms with E-state index in [2.05, 4.69) is 10.1 Å². The number of fused-ring (bicyclic) bond motifs is 1. The minimum absolute atomic E-state index is 0.0186. The largest absolute Gasteiger partial charge is 0.439 e. The topological polar surface area (TPSA) is 75.6 Å². The molecule has 4 heterocycles. The van der Waals surface area contributed by atoms with E-state index in [9.17, 15) is 18.0 Å². The fraction of sp³-hybridized carbons (Fsp3) is 0.348. The Bertz CT molecular complexity index is 1400. The predicted molar refractivity (Wildman–Crippen MR) is 117 cm³/mol. The van der Waals surface area contributed by atoms with Crippen molar-refractivity contribution in [2.75, 3.05) is 13.2 Å². The molecule has 11 heteroatoms. The number of benzene rings is 1. The van der Waals surface area contributed by atoms with E-state index in [4.69, 9.17) is 9.47 Å². The van der Waals surface area contributed by atoms with E-state index in [1.807, 2.05) is 0 Å². The number of alkyl halides is 3. The van der Waals surface area contributed by atoms with Gasteiger partial charge in [0.1, 0.15) is 17.1 Å². The third kappa shape index (κ3) is 3.96. The number of halogens is 3. The molecule has 34 heavy (non-hydrogen) atoms. The highest BCUT2D eigenvalue weighted by atomic mass is 19.4. The van der Waals surface area contributed by atoms with Gasteiger partial charge in [-0.15, -0.1) is 0 Å². The van der Waals surface area contributed by atoms with Crippen LogP contribution in [0.15, 0.2) is 47.7 Å². The Morgan fingerprint density at radius 2 is 1.79 bits per heavy atom. The normalized spacial score (nSPS) is 15.2. The Morgan fingerprint density at radius 3 is 2.47 bits per heavy atom. The van der Waals surface area contributed by atoms with Gasteiger partial charge in [-0.2, -0.15) is 18.3 Å². The second-order valence-corrected chi connectivity index (χ2v) is 8.28. The van der Waals surface area contributed by atoms with E-state index in [1.54, 1.807) is 36.0 Å². The first-order chi connectivity index (χ1) is 16.2. The molecule has 8 nitrogen and oxygen atoms in total. The van der Waals surface area contributed by atoms with E-state index in [0.29, 0.717) is 30.0 Å².